The predicted molar refractivity (Wildman–Crippen MR) is 125 cm³/mol. The summed E-state index contributed by atoms with van der Waals surface area (Å²) < 4.78 is 5.92. The quantitative estimate of drug-likeness (QED) is 0.452. The summed E-state index contributed by atoms with van der Waals surface area (Å²) in [6, 6.07) is 17.4. The molecule has 2 aromatic rings. The van der Waals surface area contributed by atoms with E-state index in [0.717, 1.165) is 16.9 Å². The molecular formula is C23H24N2O3S2. The highest BCUT2D eigenvalue weighted by Gasteiger charge is 2.32. The van der Waals surface area contributed by atoms with E-state index >= 15 is 0 Å². The molecule has 5 nitrogen and oxygen atoms in total. The van der Waals surface area contributed by atoms with Gasteiger partial charge >= 0.3 is 0 Å². The van der Waals surface area contributed by atoms with Gasteiger partial charge in [0, 0.05) is 26.6 Å². The molecule has 2 aromatic carbocycles. The van der Waals surface area contributed by atoms with E-state index in [4.69, 9.17) is 17.0 Å². The lowest BCUT2D eigenvalue weighted by Gasteiger charge is -2.19. The Balaban J connectivity index is 1.57. The van der Waals surface area contributed by atoms with Crippen molar-refractivity contribution in [1.29, 1.82) is 0 Å². The molecule has 1 heterocycles. The van der Waals surface area contributed by atoms with Crippen LogP contribution in [0.15, 0.2) is 59.5 Å². The first-order valence-corrected chi connectivity index (χ1v) is 11.0. The number of nitrogens with zero attached hydrogens (tertiary/aromatic N) is 2. The van der Waals surface area contributed by atoms with Crippen LogP contribution in [0.2, 0.25) is 0 Å². The van der Waals surface area contributed by atoms with Gasteiger partial charge in [-0.05, 0) is 36.3 Å². The number of amides is 2. The van der Waals surface area contributed by atoms with Crippen LogP contribution in [-0.2, 0) is 16.1 Å². The summed E-state index contributed by atoms with van der Waals surface area (Å²) >= 11 is 6.64. The highest BCUT2D eigenvalue weighted by molar-refractivity contribution is 8.26. The second kappa shape index (κ2) is 10.4. The normalized spacial score (nSPS) is 15.0. The average molecular weight is 441 g/mol. The van der Waals surface area contributed by atoms with Gasteiger partial charge in [-0.15, -0.1) is 0 Å². The second-order valence-electron chi connectivity index (χ2n) is 6.82. The maximum Gasteiger partial charge on any atom is 0.266 e. The van der Waals surface area contributed by atoms with Crippen LogP contribution in [0.1, 0.15) is 24.5 Å². The van der Waals surface area contributed by atoms with E-state index in [1.54, 1.807) is 11.9 Å². The summed E-state index contributed by atoms with van der Waals surface area (Å²) in [5.41, 5.74) is 1.97. The lowest BCUT2D eigenvalue weighted by Crippen LogP contribution is -2.34. The second-order valence-corrected chi connectivity index (χ2v) is 8.50. The van der Waals surface area contributed by atoms with E-state index in [0.29, 0.717) is 22.4 Å². The number of thiocarbonyl (C=S) groups is 1. The molecule has 1 saturated heterocycles. The van der Waals surface area contributed by atoms with Crippen LogP contribution in [0.4, 0.5) is 0 Å². The smallest absolute Gasteiger partial charge is 0.266 e. The third kappa shape index (κ3) is 5.70. The van der Waals surface area contributed by atoms with Crippen molar-refractivity contribution in [3.8, 4) is 5.75 Å². The first-order chi connectivity index (χ1) is 14.5. The van der Waals surface area contributed by atoms with Crippen molar-refractivity contribution in [2.45, 2.75) is 19.9 Å². The summed E-state index contributed by atoms with van der Waals surface area (Å²) in [7, 11) is 1.77. The fraction of sp³-hybridized carbons (Fsp3) is 0.261. The van der Waals surface area contributed by atoms with Crippen LogP contribution in [0, 0.1) is 0 Å². The first kappa shape index (κ1) is 22.1. The Morgan fingerprint density at radius 1 is 1.17 bits per heavy atom. The molecule has 0 aliphatic carbocycles. The number of rotatable bonds is 8. The Bertz CT molecular complexity index is 943. The molecule has 30 heavy (non-hydrogen) atoms. The molecule has 7 heteroatoms. The van der Waals surface area contributed by atoms with Crippen LogP contribution in [0.5, 0.6) is 5.75 Å². The lowest BCUT2D eigenvalue weighted by atomic mass is 10.2. The third-order valence-electron chi connectivity index (χ3n) is 4.60. The van der Waals surface area contributed by atoms with E-state index in [2.05, 4.69) is 0 Å². The van der Waals surface area contributed by atoms with Crippen LogP contribution in [0.3, 0.4) is 0 Å². The molecule has 2 amide bonds. The Kier molecular flexibility index (Phi) is 7.65. The Labute approximate surface area is 186 Å². The molecular weight excluding hydrogens is 416 g/mol. The standard InChI is InChI=1S/C23H24N2O3S2/c1-3-28-19-11-9-17(10-12-19)15-20-22(27)25(23(29)30-20)14-13-21(26)24(2)16-18-7-5-4-6-8-18/h4-12,15H,3,13-14,16H2,1-2H3. The number of hydrogen-bond donors (Lipinski definition) is 0. The maximum absolute atomic E-state index is 12.8. The number of thioether (sulfide) groups is 1. The van der Waals surface area contributed by atoms with E-state index < -0.39 is 0 Å². The van der Waals surface area contributed by atoms with Crippen molar-refractivity contribution >= 4 is 46.2 Å². The topological polar surface area (TPSA) is 49.9 Å². The fourth-order valence-corrected chi connectivity index (χ4v) is 4.32. The molecule has 3 rings (SSSR count). The van der Waals surface area contributed by atoms with Crippen molar-refractivity contribution < 1.29 is 14.3 Å². The van der Waals surface area contributed by atoms with Crippen molar-refractivity contribution in [3.05, 3.63) is 70.6 Å². The molecule has 0 radical (unpaired) electrons. The van der Waals surface area contributed by atoms with Crippen LogP contribution < -0.4 is 4.74 Å². The zero-order valence-corrected chi connectivity index (χ0v) is 18.7. The SMILES string of the molecule is CCOc1ccc(C=C2SC(=S)N(CCC(=O)N(C)Cc3ccccc3)C2=O)cc1. The third-order valence-corrected chi connectivity index (χ3v) is 5.98. The predicted octanol–water partition coefficient (Wildman–Crippen LogP) is 4.34. The highest BCUT2D eigenvalue weighted by Crippen LogP contribution is 2.32. The minimum Gasteiger partial charge on any atom is -0.494 e. The van der Waals surface area contributed by atoms with Gasteiger partial charge in [-0.2, -0.15) is 0 Å². The number of ether oxygens (including phenoxy) is 1. The average Bonchev–Trinajstić information content (AvgIpc) is 3.01. The molecule has 0 atom stereocenters. The molecule has 0 unspecified atom stereocenters. The molecule has 1 fully saturated rings. The molecule has 0 spiro atoms. The van der Waals surface area contributed by atoms with Crippen LogP contribution >= 0.6 is 24.0 Å². The Morgan fingerprint density at radius 2 is 1.87 bits per heavy atom. The summed E-state index contributed by atoms with van der Waals surface area (Å²) in [5, 5.41) is 0. The lowest BCUT2D eigenvalue weighted by molar-refractivity contribution is -0.131. The van der Waals surface area contributed by atoms with Crippen LogP contribution in [0.25, 0.3) is 6.08 Å². The number of benzene rings is 2. The number of hydrogen-bond acceptors (Lipinski definition) is 5. The minimum atomic E-state index is -0.155. The van der Waals surface area contributed by atoms with Gasteiger partial charge in [0.05, 0.1) is 11.5 Å². The van der Waals surface area contributed by atoms with Gasteiger partial charge in [0.15, 0.2) is 0 Å². The number of carbonyl (C=O) groups excluding carboxylic acids is 2. The van der Waals surface area contributed by atoms with Gasteiger partial charge in [-0.1, -0.05) is 66.4 Å². The van der Waals surface area contributed by atoms with Crippen molar-refractivity contribution in [3.63, 3.8) is 0 Å². The van der Waals surface area contributed by atoms with Gasteiger partial charge in [-0.25, -0.2) is 0 Å². The van der Waals surface area contributed by atoms with Crippen molar-refractivity contribution in [2.24, 2.45) is 0 Å². The monoisotopic (exact) mass is 440 g/mol. The van der Waals surface area contributed by atoms with E-state index in [1.165, 1.54) is 16.7 Å². The van der Waals surface area contributed by atoms with Gasteiger partial charge in [0.25, 0.3) is 5.91 Å². The van der Waals surface area contributed by atoms with Crippen LogP contribution in [-0.4, -0.2) is 46.1 Å². The van der Waals surface area contributed by atoms with E-state index in [-0.39, 0.29) is 24.8 Å². The molecule has 0 N–H and O–H groups in total. The highest BCUT2D eigenvalue weighted by atomic mass is 32.2. The summed E-state index contributed by atoms with van der Waals surface area (Å²) in [5.74, 6) is 0.612. The van der Waals surface area contributed by atoms with Gasteiger partial charge in [0.1, 0.15) is 10.1 Å². The maximum atomic E-state index is 12.8. The zero-order valence-electron chi connectivity index (χ0n) is 17.0. The van der Waals surface area contributed by atoms with Crippen molar-refractivity contribution in [2.75, 3.05) is 20.2 Å². The molecule has 1 aliphatic heterocycles. The fourth-order valence-electron chi connectivity index (χ4n) is 3.01. The van der Waals surface area contributed by atoms with Gasteiger partial charge < -0.3 is 9.64 Å². The Hall–Kier alpha value is -2.64. The van der Waals surface area contributed by atoms with E-state index in [9.17, 15) is 9.59 Å². The van der Waals surface area contributed by atoms with Crippen molar-refractivity contribution in [1.82, 2.24) is 9.80 Å². The summed E-state index contributed by atoms with van der Waals surface area (Å²) in [6.45, 7) is 3.36. The molecule has 0 aromatic heterocycles. The molecule has 0 bridgehead atoms. The van der Waals surface area contributed by atoms with E-state index in [1.807, 2.05) is 67.6 Å². The largest absolute Gasteiger partial charge is 0.494 e. The molecule has 0 saturated carbocycles. The Morgan fingerprint density at radius 3 is 2.53 bits per heavy atom. The summed E-state index contributed by atoms with van der Waals surface area (Å²) in [6.07, 6.45) is 2.05. The number of carbonyl (C=O) groups is 2. The zero-order chi connectivity index (χ0) is 21.5. The van der Waals surface area contributed by atoms with Gasteiger partial charge in [0.2, 0.25) is 5.91 Å². The molecule has 1 aliphatic rings. The summed E-state index contributed by atoms with van der Waals surface area (Å²) in [4.78, 5) is 29.0. The first-order valence-electron chi connectivity index (χ1n) is 9.74. The van der Waals surface area contributed by atoms with Gasteiger partial charge in [-0.3, -0.25) is 14.5 Å². The molecule has 156 valence electrons. The minimum absolute atomic E-state index is 0.0246.